The first-order valence-corrected chi connectivity index (χ1v) is 5.63. The van der Waals surface area contributed by atoms with E-state index in [4.69, 9.17) is 15.7 Å². The number of ether oxygens (including phenoxy) is 1. The summed E-state index contributed by atoms with van der Waals surface area (Å²) in [6.07, 6.45) is 0. The molecule has 1 aromatic carbocycles. The van der Waals surface area contributed by atoms with Crippen molar-refractivity contribution < 1.29 is 4.74 Å². The van der Waals surface area contributed by atoms with E-state index in [0.717, 1.165) is 5.56 Å². The Balaban J connectivity index is 2.09. The van der Waals surface area contributed by atoms with Gasteiger partial charge in [-0.2, -0.15) is 5.26 Å². The summed E-state index contributed by atoms with van der Waals surface area (Å²) < 4.78 is 5.54. The molecule has 16 heavy (non-hydrogen) atoms. The zero-order valence-corrected chi connectivity index (χ0v) is 9.33. The molecule has 0 fully saturated rings. The number of rotatable bonds is 3. The van der Waals surface area contributed by atoms with Crippen LogP contribution in [-0.2, 0) is 6.61 Å². The van der Waals surface area contributed by atoms with E-state index in [-0.39, 0.29) is 0 Å². The molecule has 0 aliphatic heterocycles. The molecule has 0 aliphatic rings. The molecule has 3 nitrogen and oxygen atoms in total. The van der Waals surface area contributed by atoms with Crippen LogP contribution in [0.5, 0.6) is 5.75 Å². The highest BCUT2D eigenvalue weighted by atomic mass is 32.1. The van der Waals surface area contributed by atoms with Crippen molar-refractivity contribution >= 4 is 16.3 Å². The van der Waals surface area contributed by atoms with Crippen molar-refractivity contribution in [1.29, 1.82) is 5.26 Å². The second-order valence-corrected chi connectivity index (χ2v) is 4.14. The van der Waals surface area contributed by atoms with Crippen LogP contribution in [-0.4, -0.2) is 0 Å². The third-order valence-electron chi connectivity index (χ3n) is 2.13. The largest absolute Gasteiger partial charge is 0.487 e. The topological polar surface area (TPSA) is 59.0 Å². The minimum atomic E-state index is 0.431. The van der Waals surface area contributed by atoms with Crippen LogP contribution in [0.2, 0.25) is 0 Å². The molecule has 2 N–H and O–H groups in total. The Morgan fingerprint density at radius 1 is 1.31 bits per heavy atom. The zero-order chi connectivity index (χ0) is 11.4. The van der Waals surface area contributed by atoms with E-state index in [1.807, 2.05) is 36.4 Å². The molecule has 0 atom stereocenters. The molecule has 0 aliphatic carbocycles. The number of benzene rings is 1. The SMILES string of the molecule is N#Cc1c(OCc2ccccc2)csc1N. The quantitative estimate of drug-likeness (QED) is 0.882. The van der Waals surface area contributed by atoms with Crippen LogP contribution < -0.4 is 10.5 Å². The maximum Gasteiger partial charge on any atom is 0.150 e. The van der Waals surface area contributed by atoms with Crippen LogP contribution in [0.15, 0.2) is 35.7 Å². The van der Waals surface area contributed by atoms with E-state index in [9.17, 15) is 0 Å². The Kier molecular flexibility index (Phi) is 3.08. The Morgan fingerprint density at radius 3 is 2.75 bits per heavy atom. The van der Waals surface area contributed by atoms with Gasteiger partial charge in [-0.15, -0.1) is 11.3 Å². The molecule has 80 valence electrons. The van der Waals surface area contributed by atoms with Gasteiger partial charge in [-0.3, -0.25) is 0 Å². The lowest BCUT2D eigenvalue weighted by Crippen LogP contribution is -1.95. The van der Waals surface area contributed by atoms with Crippen LogP contribution in [0, 0.1) is 11.3 Å². The molecule has 1 aromatic heterocycles. The van der Waals surface area contributed by atoms with Crippen molar-refractivity contribution in [3.05, 3.63) is 46.8 Å². The number of hydrogen-bond donors (Lipinski definition) is 1. The van der Waals surface area contributed by atoms with E-state index in [0.29, 0.717) is 22.9 Å². The Bertz CT molecular complexity index is 514. The highest BCUT2D eigenvalue weighted by Crippen LogP contribution is 2.31. The van der Waals surface area contributed by atoms with Gasteiger partial charge in [-0.25, -0.2) is 0 Å². The van der Waals surface area contributed by atoms with Gasteiger partial charge in [-0.05, 0) is 5.56 Å². The van der Waals surface area contributed by atoms with E-state index in [2.05, 4.69) is 0 Å². The molecule has 1 heterocycles. The lowest BCUT2D eigenvalue weighted by molar-refractivity contribution is 0.307. The molecular formula is C12H10N2OS. The Morgan fingerprint density at radius 2 is 2.06 bits per heavy atom. The number of anilines is 1. The van der Waals surface area contributed by atoms with Crippen molar-refractivity contribution in [2.75, 3.05) is 5.73 Å². The van der Waals surface area contributed by atoms with Crippen molar-refractivity contribution in [2.45, 2.75) is 6.61 Å². The lowest BCUT2D eigenvalue weighted by Gasteiger charge is -2.04. The number of nitrogens with two attached hydrogens (primary N) is 1. The fraction of sp³-hybridized carbons (Fsp3) is 0.0833. The molecule has 2 aromatic rings. The first-order valence-electron chi connectivity index (χ1n) is 4.75. The third kappa shape index (κ3) is 2.15. The summed E-state index contributed by atoms with van der Waals surface area (Å²) in [6, 6.07) is 11.8. The first-order chi connectivity index (χ1) is 7.81. The number of thiophene rings is 1. The standard InChI is InChI=1S/C12H10N2OS/c13-6-10-11(8-16-12(10)14)15-7-9-4-2-1-3-5-9/h1-5,8H,7,14H2. The Hall–Kier alpha value is -1.99. The molecule has 0 saturated heterocycles. The van der Waals surface area contributed by atoms with Crippen molar-refractivity contribution in [3.63, 3.8) is 0 Å². The van der Waals surface area contributed by atoms with E-state index >= 15 is 0 Å². The summed E-state index contributed by atoms with van der Waals surface area (Å²) in [5, 5.41) is 11.1. The fourth-order valence-electron chi connectivity index (χ4n) is 1.31. The van der Waals surface area contributed by atoms with E-state index in [1.54, 1.807) is 5.38 Å². The van der Waals surface area contributed by atoms with Gasteiger partial charge in [0.15, 0.2) is 0 Å². The van der Waals surface area contributed by atoms with E-state index in [1.165, 1.54) is 11.3 Å². The highest BCUT2D eigenvalue weighted by molar-refractivity contribution is 7.14. The minimum absolute atomic E-state index is 0.431. The fourth-order valence-corrected chi connectivity index (χ4v) is 1.99. The molecule has 0 amide bonds. The van der Waals surface area contributed by atoms with Crippen LogP contribution in [0.3, 0.4) is 0 Å². The van der Waals surface area contributed by atoms with Crippen molar-refractivity contribution in [2.24, 2.45) is 0 Å². The Labute approximate surface area is 97.7 Å². The normalized spacial score (nSPS) is 9.69. The second-order valence-electron chi connectivity index (χ2n) is 3.23. The number of nitriles is 1. The summed E-state index contributed by atoms with van der Waals surface area (Å²) in [7, 11) is 0. The predicted octanol–water partition coefficient (Wildman–Crippen LogP) is 2.78. The summed E-state index contributed by atoms with van der Waals surface area (Å²) in [5.41, 5.74) is 7.13. The van der Waals surface area contributed by atoms with Gasteiger partial charge < -0.3 is 10.5 Å². The highest BCUT2D eigenvalue weighted by Gasteiger charge is 2.09. The van der Waals surface area contributed by atoms with E-state index < -0.39 is 0 Å². The van der Waals surface area contributed by atoms with Crippen molar-refractivity contribution in [3.8, 4) is 11.8 Å². The molecule has 0 bridgehead atoms. The van der Waals surface area contributed by atoms with Gasteiger partial charge in [0.2, 0.25) is 0 Å². The minimum Gasteiger partial charge on any atom is -0.487 e. The van der Waals surface area contributed by atoms with Gasteiger partial charge >= 0.3 is 0 Å². The summed E-state index contributed by atoms with van der Waals surface area (Å²) in [5.74, 6) is 0.564. The maximum atomic E-state index is 8.88. The summed E-state index contributed by atoms with van der Waals surface area (Å²) in [6.45, 7) is 0.450. The first kappa shape index (κ1) is 10.5. The van der Waals surface area contributed by atoms with Crippen molar-refractivity contribution in [1.82, 2.24) is 0 Å². The lowest BCUT2D eigenvalue weighted by atomic mass is 10.2. The van der Waals surface area contributed by atoms with Gasteiger partial charge in [0.05, 0.1) is 0 Å². The molecule has 0 spiro atoms. The van der Waals surface area contributed by atoms with Gasteiger partial charge in [0.25, 0.3) is 0 Å². The number of nitrogens with zero attached hydrogens (tertiary/aromatic N) is 1. The van der Waals surface area contributed by atoms with Crippen LogP contribution in [0.25, 0.3) is 0 Å². The van der Waals surface area contributed by atoms with Gasteiger partial charge in [0, 0.05) is 5.38 Å². The smallest absolute Gasteiger partial charge is 0.150 e. The van der Waals surface area contributed by atoms with Crippen LogP contribution in [0.4, 0.5) is 5.00 Å². The molecule has 4 heteroatoms. The molecule has 0 unspecified atom stereocenters. The molecular weight excluding hydrogens is 220 g/mol. The summed E-state index contributed by atoms with van der Waals surface area (Å²) >= 11 is 1.32. The van der Waals surface area contributed by atoms with Gasteiger partial charge in [0.1, 0.15) is 29.0 Å². The second kappa shape index (κ2) is 4.69. The van der Waals surface area contributed by atoms with Gasteiger partial charge in [-0.1, -0.05) is 30.3 Å². The predicted molar refractivity (Wildman–Crippen MR) is 64.2 cm³/mol. The molecule has 0 radical (unpaired) electrons. The average molecular weight is 230 g/mol. The maximum absolute atomic E-state index is 8.88. The van der Waals surface area contributed by atoms with Crippen LogP contribution in [0.1, 0.15) is 11.1 Å². The molecule has 2 rings (SSSR count). The number of hydrogen-bond acceptors (Lipinski definition) is 4. The summed E-state index contributed by atoms with van der Waals surface area (Å²) in [4.78, 5) is 0. The number of nitrogen functional groups attached to an aromatic ring is 1. The average Bonchev–Trinajstić information content (AvgIpc) is 2.68. The molecule has 0 saturated carbocycles. The van der Waals surface area contributed by atoms with Crippen LogP contribution >= 0.6 is 11.3 Å². The third-order valence-corrected chi connectivity index (χ3v) is 2.92. The monoisotopic (exact) mass is 230 g/mol. The zero-order valence-electron chi connectivity index (χ0n) is 8.51.